The predicted octanol–water partition coefficient (Wildman–Crippen LogP) is 3.32. The first-order chi connectivity index (χ1) is 13.4. The van der Waals surface area contributed by atoms with E-state index in [1.807, 2.05) is 0 Å². The minimum Gasteiger partial charge on any atom is -0.469 e. The molecule has 1 heterocycles. The van der Waals surface area contributed by atoms with E-state index in [1.165, 1.54) is 24.5 Å². The van der Waals surface area contributed by atoms with E-state index in [0.717, 1.165) is 0 Å². The Morgan fingerprint density at radius 1 is 1.18 bits per heavy atom. The van der Waals surface area contributed by atoms with E-state index < -0.39 is 34.3 Å². The van der Waals surface area contributed by atoms with Crippen molar-refractivity contribution in [2.45, 2.75) is 25.3 Å². The van der Waals surface area contributed by atoms with Crippen LogP contribution in [0.4, 0.5) is 0 Å². The molecule has 2 aromatic rings. The third-order valence-corrected chi connectivity index (χ3v) is 4.10. The molecule has 2 atom stereocenters. The maximum Gasteiger partial charge on any atom is 0.334 e. The van der Waals surface area contributed by atoms with Crippen LogP contribution in [0.25, 0.3) is 6.08 Å². The van der Waals surface area contributed by atoms with Gasteiger partial charge in [-0.15, -0.1) is 0 Å². The van der Waals surface area contributed by atoms with Gasteiger partial charge in [-0.3, -0.25) is 20.2 Å². The summed E-state index contributed by atoms with van der Waals surface area (Å²) in [5, 5.41) is 22.8. The maximum atomic E-state index is 12.4. The molecule has 148 valence electrons. The van der Waals surface area contributed by atoms with Gasteiger partial charge in [-0.1, -0.05) is 30.3 Å². The van der Waals surface area contributed by atoms with Crippen LogP contribution in [-0.2, 0) is 9.53 Å². The summed E-state index contributed by atoms with van der Waals surface area (Å²) in [5.74, 6) is -1.70. The van der Waals surface area contributed by atoms with Gasteiger partial charge in [0, 0.05) is 21.8 Å². The van der Waals surface area contributed by atoms with Gasteiger partial charge < -0.3 is 9.15 Å². The molecule has 0 aliphatic heterocycles. The van der Waals surface area contributed by atoms with Crippen LogP contribution in [0.2, 0.25) is 0 Å². The maximum absolute atomic E-state index is 12.4. The van der Waals surface area contributed by atoms with Crippen LogP contribution < -0.4 is 0 Å². The van der Waals surface area contributed by atoms with Gasteiger partial charge in [-0.05, 0) is 30.7 Å². The van der Waals surface area contributed by atoms with Crippen molar-refractivity contribution in [3.63, 3.8) is 0 Å². The molecule has 0 N–H and O–H groups in total. The minimum absolute atomic E-state index is 0.0645. The van der Waals surface area contributed by atoms with Gasteiger partial charge in [0.05, 0.1) is 12.9 Å². The number of esters is 1. The van der Waals surface area contributed by atoms with Crippen molar-refractivity contribution in [1.82, 2.24) is 0 Å². The quantitative estimate of drug-likeness (QED) is 0.264. The first-order valence-electron chi connectivity index (χ1n) is 8.63. The first-order valence-corrected chi connectivity index (χ1v) is 8.63. The molecule has 0 fully saturated rings. The van der Waals surface area contributed by atoms with Crippen LogP contribution in [0, 0.1) is 20.2 Å². The summed E-state index contributed by atoms with van der Waals surface area (Å²) in [4.78, 5) is 33.9. The molecule has 1 aromatic heterocycles. The fourth-order valence-corrected chi connectivity index (χ4v) is 2.83. The van der Waals surface area contributed by atoms with Crippen LogP contribution in [0.5, 0.6) is 0 Å². The summed E-state index contributed by atoms with van der Waals surface area (Å²) in [6.07, 6.45) is 2.46. The Bertz CT molecular complexity index is 831. The van der Waals surface area contributed by atoms with E-state index in [-0.39, 0.29) is 24.4 Å². The number of furan rings is 1. The number of benzene rings is 1. The molecule has 0 unspecified atom stereocenters. The fourth-order valence-electron chi connectivity index (χ4n) is 2.83. The summed E-state index contributed by atoms with van der Waals surface area (Å²) < 4.78 is 10.2. The summed E-state index contributed by atoms with van der Waals surface area (Å²) in [7, 11) is 0. The van der Waals surface area contributed by atoms with Gasteiger partial charge in [0.25, 0.3) is 0 Å². The second-order valence-corrected chi connectivity index (χ2v) is 5.99. The lowest BCUT2D eigenvalue weighted by atomic mass is 9.91. The van der Waals surface area contributed by atoms with Crippen LogP contribution in [0.3, 0.4) is 0 Å². The molecule has 9 heteroatoms. The Hall–Kier alpha value is -3.49. The number of carbonyl (C=O) groups is 1. The lowest BCUT2D eigenvalue weighted by Gasteiger charge is -2.17. The molecule has 0 radical (unpaired) electrons. The second-order valence-electron chi connectivity index (χ2n) is 5.99. The molecule has 0 bridgehead atoms. The lowest BCUT2D eigenvalue weighted by Crippen LogP contribution is -2.33. The van der Waals surface area contributed by atoms with E-state index in [1.54, 1.807) is 37.3 Å². The van der Waals surface area contributed by atoms with Gasteiger partial charge in [0.2, 0.25) is 12.6 Å². The average molecular weight is 388 g/mol. The molecule has 0 aliphatic carbocycles. The van der Waals surface area contributed by atoms with Gasteiger partial charge >= 0.3 is 5.97 Å². The zero-order valence-corrected chi connectivity index (χ0v) is 15.2. The summed E-state index contributed by atoms with van der Waals surface area (Å²) >= 11 is 0. The lowest BCUT2D eigenvalue weighted by molar-refractivity contribution is -0.547. The van der Waals surface area contributed by atoms with Crippen molar-refractivity contribution in [3.05, 3.63) is 85.9 Å². The normalized spacial score (nSPS) is 13.5. The van der Waals surface area contributed by atoms with Gasteiger partial charge in [0.15, 0.2) is 0 Å². The summed E-state index contributed by atoms with van der Waals surface area (Å²) in [6.45, 7) is 1.03. The van der Waals surface area contributed by atoms with E-state index >= 15 is 0 Å². The van der Waals surface area contributed by atoms with Crippen molar-refractivity contribution >= 4 is 12.0 Å². The second kappa shape index (κ2) is 10.0. The molecule has 0 spiro atoms. The van der Waals surface area contributed by atoms with E-state index in [2.05, 4.69) is 0 Å². The van der Waals surface area contributed by atoms with Gasteiger partial charge in [0.1, 0.15) is 11.7 Å². The molecule has 2 rings (SSSR count). The molecule has 0 saturated heterocycles. The Morgan fingerprint density at radius 2 is 1.89 bits per heavy atom. The van der Waals surface area contributed by atoms with Crippen molar-refractivity contribution < 1.29 is 23.8 Å². The van der Waals surface area contributed by atoms with Crippen LogP contribution >= 0.6 is 0 Å². The van der Waals surface area contributed by atoms with Gasteiger partial charge in [-0.2, -0.15) is 0 Å². The Morgan fingerprint density at radius 3 is 2.43 bits per heavy atom. The van der Waals surface area contributed by atoms with E-state index in [0.29, 0.717) is 5.56 Å². The topological polar surface area (TPSA) is 126 Å². The molecular weight excluding hydrogens is 368 g/mol. The molecule has 0 saturated carbocycles. The number of hydrogen-bond acceptors (Lipinski definition) is 7. The number of carbonyl (C=O) groups excluding carboxylic acids is 1. The molecule has 0 amide bonds. The van der Waals surface area contributed by atoms with Gasteiger partial charge in [-0.25, -0.2) is 4.79 Å². The number of nitro groups is 2. The highest BCUT2D eigenvalue weighted by molar-refractivity contribution is 5.93. The van der Waals surface area contributed by atoms with Crippen molar-refractivity contribution in [1.29, 1.82) is 0 Å². The monoisotopic (exact) mass is 388 g/mol. The highest BCUT2D eigenvalue weighted by atomic mass is 16.6. The van der Waals surface area contributed by atoms with E-state index in [9.17, 15) is 25.0 Å². The van der Waals surface area contributed by atoms with Crippen LogP contribution in [0.15, 0.2) is 58.7 Å². The van der Waals surface area contributed by atoms with Crippen molar-refractivity contribution in [2.75, 3.05) is 13.2 Å². The molecule has 9 nitrogen and oxygen atoms in total. The first kappa shape index (κ1) is 20.8. The largest absolute Gasteiger partial charge is 0.469 e. The summed E-state index contributed by atoms with van der Waals surface area (Å²) in [6, 6.07) is 10.3. The third-order valence-electron chi connectivity index (χ3n) is 4.10. The molecular formula is C19H20N2O7. The zero-order valence-electron chi connectivity index (χ0n) is 15.2. The van der Waals surface area contributed by atoms with Crippen molar-refractivity contribution in [3.8, 4) is 0 Å². The highest BCUT2D eigenvalue weighted by Crippen LogP contribution is 2.28. The standard InChI is InChI=1S/C19H20N2O7/c1-2-27-19(22)15(11-14-7-4-3-5-8-14)12-17(21(25)26)16(13-20(23)24)18-9-6-10-28-18/h3-11,16-17H,2,12-13H2,1H3/b15-11+/t16-,17+/m1/s1. The number of ether oxygens (including phenoxy) is 1. The Labute approximate surface area is 160 Å². The Kier molecular flexibility index (Phi) is 7.44. The summed E-state index contributed by atoms with van der Waals surface area (Å²) in [5.41, 5.74) is 0.728. The highest BCUT2D eigenvalue weighted by Gasteiger charge is 2.40. The third kappa shape index (κ3) is 5.76. The Balaban J connectivity index is 2.41. The predicted molar refractivity (Wildman–Crippen MR) is 99.8 cm³/mol. The molecule has 0 aliphatic rings. The smallest absolute Gasteiger partial charge is 0.334 e. The number of hydrogen-bond donors (Lipinski definition) is 0. The molecule has 1 aromatic carbocycles. The minimum atomic E-state index is -1.43. The van der Waals surface area contributed by atoms with E-state index in [4.69, 9.17) is 9.15 Å². The zero-order chi connectivity index (χ0) is 20.5. The SMILES string of the molecule is CCOC(=O)/C(=C/c1ccccc1)C[C@@H]([C@@H](C[N+](=O)[O-])c1ccco1)[N+](=O)[O-]. The number of rotatable bonds is 10. The number of nitrogens with zero attached hydrogens (tertiary/aromatic N) is 2. The molecule has 28 heavy (non-hydrogen) atoms. The fraction of sp³-hybridized carbons (Fsp3) is 0.316. The average Bonchev–Trinajstić information content (AvgIpc) is 3.18. The van der Waals surface area contributed by atoms with Crippen LogP contribution in [-0.4, -0.2) is 35.0 Å². The van der Waals surface area contributed by atoms with Crippen LogP contribution in [0.1, 0.15) is 30.6 Å². The van der Waals surface area contributed by atoms with Crippen molar-refractivity contribution in [2.24, 2.45) is 0 Å².